The number of thiazole rings is 1. The van der Waals surface area contributed by atoms with Crippen molar-refractivity contribution in [1.82, 2.24) is 15.0 Å². The van der Waals surface area contributed by atoms with Crippen LogP contribution in [0.4, 0.5) is 11.1 Å². The van der Waals surface area contributed by atoms with Gasteiger partial charge < -0.3 is 15.7 Å². The monoisotopic (exact) mass is 375 g/mol. The lowest BCUT2D eigenvalue weighted by molar-refractivity contribution is 0.0697. The van der Waals surface area contributed by atoms with Crippen LogP contribution in [0.15, 0.2) is 35.5 Å². The van der Waals surface area contributed by atoms with Gasteiger partial charge in [-0.2, -0.15) is 0 Å². The van der Waals surface area contributed by atoms with Gasteiger partial charge in [0, 0.05) is 30.4 Å². The van der Waals surface area contributed by atoms with Gasteiger partial charge in [-0.1, -0.05) is 11.3 Å². The summed E-state index contributed by atoms with van der Waals surface area (Å²) < 4.78 is 0.864. The maximum absolute atomic E-state index is 11.0. The fraction of sp³-hybridized carbons (Fsp3) is 0.250. The Morgan fingerprint density at radius 3 is 2.72 bits per heavy atom. The number of hydrogen-bond donors (Lipinski definition) is 3. The van der Waals surface area contributed by atoms with Crippen molar-refractivity contribution >= 4 is 50.4 Å². The smallest absolute Gasteiger partial charge is 0.335 e. The Kier molecular flexibility index (Phi) is 5.67. The molecule has 1 aromatic carbocycles. The molecule has 0 aliphatic heterocycles. The van der Waals surface area contributed by atoms with Gasteiger partial charge in [-0.3, -0.25) is 0 Å². The average Bonchev–Trinajstić information content (AvgIpc) is 3.03. The molecule has 3 N–H and O–H groups in total. The van der Waals surface area contributed by atoms with Gasteiger partial charge in [0.05, 0.1) is 15.8 Å². The third-order valence-corrected chi connectivity index (χ3v) is 5.07. The molecule has 0 bridgehead atoms. The molecule has 0 atom stereocenters. The Bertz CT molecular complexity index is 867. The van der Waals surface area contributed by atoms with E-state index in [4.69, 9.17) is 5.11 Å². The standard InChI is InChI=1S/C16H17N5O2S2/c1-24-11-8-19-15(20-9-11)17-5-2-6-18-16-21-12-4-3-10(14(22)23)7-13(12)25-16/h3-4,7-9H,2,5-6H2,1H3,(H,18,21)(H,22,23)(H,17,19,20). The summed E-state index contributed by atoms with van der Waals surface area (Å²) in [6.07, 6.45) is 6.46. The number of benzene rings is 1. The molecule has 0 saturated carbocycles. The number of hydrogen-bond acceptors (Lipinski definition) is 8. The minimum atomic E-state index is -0.927. The van der Waals surface area contributed by atoms with Crippen molar-refractivity contribution in [3.63, 3.8) is 0 Å². The molecule has 0 aliphatic rings. The van der Waals surface area contributed by atoms with Gasteiger partial charge in [0.25, 0.3) is 0 Å². The van der Waals surface area contributed by atoms with Crippen LogP contribution in [0, 0.1) is 0 Å². The molecule has 0 unspecified atom stereocenters. The lowest BCUT2D eigenvalue weighted by Crippen LogP contribution is -2.10. The number of nitrogens with zero attached hydrogens (tertiary/aromatic N) is 3. The zero-order chi connectivity index (χ0) is 17.6. The minimum Gasteiger partial charge on any atom is -0.478 e. The van der Waals surface area contributed by atoms with Crippen LogP contribution in [-0.4, -0.2) is 45.4 Å². The summed E-state index contributed by atoms with van der Waals surface area (Å²) in [5, 5.41) is 16.3. The Morgan fingerprint density at radius 2 is 2.00 bits per heavy atom. The molecule has 25 heavy (non-hydrogen) atoms. The summed E-state index contributed by atoms with van der Waals surface area (Å²) in [7, 11) is 0. The second-order valence-electron chi connectivity index (χ2n) is 5.16. The lowest BCUT2D eigenvalue weighted by Gasteiger charge is -2.05. The van der Waals surface area contributed by atoms with Gasteiger partial charge >= 0.3 is 5.97 Å². The largest absolute Gasteiger partial charge is 0.478 e. The van der Waals surface area contributed by atoms with E-state index in [1.165, 1.54) is 11.3 Å². The van der Waals surface area contributed by atoms with E-state index in [0.717, 1.165) is 39.8 Å². The fourth-order valence-electron chi connectivity index (χ4n) is 2.13. The number of rotatable bonds is 8. The molecule has 2 aromatic heterocycles. The first kappa shape index (κ1) is 17.4. The van der Waals surface area contributed by atoms with E-state index in [-0.39, 0.29) is 5.56 Å². The maximum atomic E-state index is 11.0. The summed E-state index contributed by atoms with van der Waals surface area (Å²) in [6.45, 7) is 1.50. The van der Waals surface area contributed by atoms with Crippen LogP contribution in [-0.2, 0) is 0 Å². The van der Waals surface area contributed by atoms with E-state index in [9.17, 15) is 4.79 Å². The topological polar surface area (TPSA) is 100 Å². The molecule has 0 radical (unpaired) electrons. The zero-order valence-corrected chi connectivity index (χ0v) is 15.2. The second-order valence-corrected chi connectivity index (χ2v) is 7.07. The third-order valence-electron chi connectivity index (χ3n) is 3.41. The van der Waals surface area contributed by atoms with Crippen LogP contribution in [0.2, 0.25) is 0 Å². The maximum Gasteiger partial charge on any atom is 0.335 e. The van der Waals surface area contributed by atoms with Crippen molar-refractivity contribution in [2.45, 2.75) is 11.3 Å². The van der Waals surface area contributed by atoms with Crippen molar-refractivity contribution in [2.75, 3.05) is 30.0 Å². The van der Waals surface area contributed by atoms with Crippen LogP contribution in [0.1, 0.15) is 16.8 Å². The quantitative estimate of drug-likeness (QED) is 0.407. The molecular weight excluding hydrogens is 358 g/mol. The number of nitrogens with one attached hydrogen (secondary N) is 2. The Morgan fingerprint density at radius 1 is 1.24 bits per heavy atom. The number of fused-ring (bicyclic) bond motifs is 1. The highest BCUT2D eigenvalue weighted by molar-refractivity contribution is 7.98. The van der Waals surface area contributed by atoms with E-state index >= 15 is 0 Å². The van der Waals surface area contributed by atoms with Crippen LogP contribution >= 0.6 is 23.1 Å². The Balaban J connectivity index is 1.47. The molecule has 0 amide bonds. The van der Waals surface area contributed by atoms with Gasteiger partial charge in [-0.05, 0) is 30.9 Å². The third kappa shape index (κ3) is 4.58. The molecule has 3 rings (SSSR count). The number of aromatic carboxylic acids is 1. The van der Waals surface area contributed by atoms with Gasteiger partial charge in [-0.25, -0.2) is 19.7 Å². The van der Waals surface area contributed by atoms with Crippen molar-refractivity contribution < 1.29 is 9.90 Å². The predicted octanol–water partition coefficient (Wildman–Crippen LogP) is 3.42. The van der Waals surface area contributed by atoms with E-state index in [1.54, 1.807) is 42.4 Å². The number of aromatic nitrogens is 3. The van der Waals surface area contributed by atoms with Crippen molar-refractivity contribution in [3.8, 4) is 0 Å². The number of carbonyl (C=O) groups is 1. The highest BCUT2D eigenvalue weighted by Crippen LogP contribution is 2.26. The van der Waals surface area contributed by atoms with Crippen molar-refractivity contribution in [1.29, 1.82) is 0 Å². The molecular formula is C16H17N5O2S2. The first-order valence-corrected chi connectivity index (χ1v) is 9.67. The molecule has 0 aliphatic carbocycles. The van der Waals surface area contributed by atoms with Gasteiger partial charge in [0.15, 0.2) is 5.13 Å². The van der Waals surface area contributed by atoms with Gasteiger partial charge in [0.1, 0.15) is 0 Å². The normalized spacial score (nSPS) is 10.8. The molecule has 2 heterocycles. The van der Waals surface area contributed by atoms with E-state index < -0.39 is 5.97 Å². The van der Waals surface area contributed by atoms with Crippen molar-refractivity contribution in [3.05, 3.63) is 36.2 Å². The Hall–Kier alpha value is -2.39. The zero-order valence-electron chi connectivity index (χ0n) is 13.5. The molecule has 130 valence electrons. The lowest BCUT2D eigenvalue weighted by atomic mass is 10.2. The van der Waals surface area contributed by atoms with Crippen LogP contribution in [0.25, 0.3) is 10.2 Å². The van der Waals surface area contributed by atoms with Gasteiger partial charge in [-0.15, -0.1) is 11.8 Å². The highest BCUT2D eigenvalue weighted by Gasteiger charge is 2.08. The first-order chi connectivity index (χ1) is 12.2. The molecule has 0 fully saturated rings. The summed E-state index contributed by atoms with van der Waals surface area (Å²) in [5.74, 6) is -0.303. The number of carboxylic acid groups (broad SMARTS) is 1. The minimum absolute atomic E-state index is 0.277. The van der Waals surface area contributed by atoms with Crippen molar-refractivity contribution in [2.24, 2.45) is 0 Å². The van der Waals surface area contributed by atoms with Crippen LogP contribution < -0.4 is 10.6 Å². The highest BCUT2D eigenvalue weighted by atomic mass is 32.2. The average molecular weight is 375 g/mol. The Labute approximate surface area is 152 Å². The fourth-order valence-corrected chi connectivity index (χ4v) is 3.38. The first-order valence-electron chi connectivity index (χ1n) is 7.63. The van der Waals surface area contributed by atoms with Crippen LogP contribution in [0.3, 0.4) is 0 Å². The van der Waals surface area contributed by atoms with E-state index in [1.807, 2.05) is 6.26 Å². The predicted molar refractivity (Wildman–Crippen MR) is 102 cm³/mol. The number of carboxylic acids is 1. The summed E-state index contributed by atoms with van der Waals surface area (Å²) >= 11 is 3.06. The summed E-state index contributed by atoms with van der Waals surface area (Å²) in [6, 6.07) is 4.95. The number of thioether (sulfide) groups is 1. The SMILES string of the molecule is CSc1cnc(NCCCNc2nc3ccc(C(=O)O)cc3s2)nc1. The molecule has 9 heteroatoms. The number of anilines is 2. The van der Waals surface area contributed by atoms with Crippen LogP contribution in [0.5, 0.6) is 0 Å². The van der Waals surface area contributed by atoms with E-state index in [0.29, 0.717) is 5.95 Å². The summed E-state index contributed by atoms with van der Waals surface area (Å²) in [4.78, 5) is 25.0. The molecule has 0 spiro atoms. The summed E-state index contributed by atoms with van der Waals surface area (Å²) in [5.41, 5.74) is 1.08. The molecule has 0 saturated heterocycles. The van der Waals surface area contributed by atoms with Gasteiger partial charge in [0.2, 0.25) is 5.95 Å². The molecule has 3 aromatic rings. The second kappa shape index (κ2) is 8.13. The molecule has 7 nitrogen and oxygen atoms in total. The van der Waals surface area contributed by atoms with E-state index in [2.05, 4.69) is 25.6 Å².